The van der Waals surface area contributed by atoms with Gasteiger partial charge in [-0.3, -0.25) is 4.79 Å². The third kappa shape index (κ3) is 3.87. The number of rotatable bonds is 5. The third-order valence-electron chi connectivity index (χ3n) is 6.44. The minimum Gasteiger partial charge on any atom is -0.495 e. The number of likely N-dealkylation sites (N-methyl/N-ethyl adjacent to an activating group) is 1. The lowest BCUT2D eigenvalue weighted by molar-refractivity contribution is -0.138. The molecule has 170 valence electrons. The molecule has 5 rings (SSSR count). The maximum Gasteiger partial charge on any atom is 0.312 e. The Morgan fingerprint density at radius 1 is 1.24 bits per heavy atom. The first-order valence-corrected chi connectivity index (χ1v) is 11.0. The topological polar surface area (TPSA) is 90.8 Å². The Bertz CT molecular complexity index is 1230. The Labute approximate surface area is 192 Å². The van der Waals surface area contributed by atoms with Crippen LogP contribution in [0.2, 0.25) is 0 Å². The van der Waals surface area contributed by atoms with Crippen LogP contribution in [0, 0.1) is 6.92 Å². The predicted octanol–water partition coefficient (Wildman–Crippen LogP) is 3.85. The molecule has 8 nitrogen and oxygen atoms in total. The summed E-state index contributed by atoms with van der Waals surface area (Å²) in [4.78, 5) is 25.4. The molecule has 0 radical (unpaired) electrons. The van der Waals surface area contributed by atoms with Crippen molar-refractivity contribution in [1.29, 1.82) is 0 Å². The molecule has 3 heterocycles. The number of carboxylic acid groups (broad SMARTS) is 1. The summed E-state index contributed by atoms with van der Waals surface area (Å²) in [6, 6.07) is 11.8. The molecule has 2 aromatic carbocycles. The zero-order valence-corrected chi connectivity index (χ0v) is 19.0. The molecule has 2 N–H and O–H groups in total. The standard InChI is InChI=1S/C25H27N5O3/c1-15-12-26-25(27-20-10-17-13-29(2)9-8-16(17)11-22(20)33-3)28-23(15)30-14-19(24(31)32)18-6-4-5-7-21(18)30/h4-7,10-12,19H,8-9,13-14H2,1-3H3,(H,31,32)(H,26,27,28). The summed E-state index contributed by atoms with van der Waals surface area (Å²) in [6.07, 6.45) is 2.76. The summed E-state index contributed by atoms with van der Waals surface area (Å²) in [5.41, 5.74) is 5.92. The van der Waals surface area contributed by atoms with Gasteiger partial charge >= 0.3 is 5.97 Å². The van der Waals surface area contributed by atoms with E-state index < -0.39 is 11.9 Å². The molecular formula is C25H27N5O3. The van der Waals surface area contributed by atoms with E-state index in [9.17, 15) is 9.90 Å². The molecule has 0 fully saturated rings. The molecule has 0 amide bonds. The van der Waals surface area contributed by atoms with Crippen LogP contribution in [0.3, 0.4) is 0 Å². The summed E-state index contributed by atoms with van der Waals surface area (Å²) in [7, 11) is 3.78. The zero-order valence-electron chi connectivity index (χ0n) is 19.0. The molecule has 0 saturated carbocycles. The van der Waals surface area contributed by atoms with Crippen molar-refractivity contribution in [2.45, 2.75) is 25.8 Å². The Balaban J connectivity index is 1.50. The van der Waals surface area contributed by atoms with Crippen molar-refractivity contribution >= 4 is 29.1 Å². The molecule has 1 aromatic heterocycles. The van der Waals surface area contributed by atoms with Gasteiger partial charge in [-0.1, -0.05) is 18.2 Å². The highest BCUT2D eigenvalue weighted by Crippen LogP contribution is 2.41. The minimum absolute atomic E-state index is 0.334. The van der Waals surface area contributed by atoms with Gasteiger partial charge in [0.15, 0.2) is 0 Å². The van der Waals surface area contributed by atoms with Crippen molar-refractivity contribution in [1.82, 2.24) is 14.9 Å². The SMILES string of the molecule is COc1cc2c(cc1Nc1ncc(C)c(N3CC(C(=O)O)c4ccccc43)n1)CN(C)CC2. The Hall–Kier alpha value is -3.65. The highest BCUT2D eigenvalue weighted by Gasteiger charge is 2.35. The molecule has 3 aromatic rings. The van der Waals surface area contributed by atoms with Crippen molar-refractivity contribution in [3.8, 4) is 5.75 Å². The highest BCUT2D eigenvalue weighted by molar-refractivity contribution is 5.85. The van der Waals surface area contributed by atoms with Gasteiger partial charge in [0.25, 0.3) is 0 Å². The second-order valence-corrected chi connectivity index (χ2v) is 8.69. The largest absolute Gasteiger partial charge is 0.495 e. The van der Waals surface area contributed by atoms with E-state index in [1.54, 1.807) is 13.3 Å². The third-order valence-corrected chi connectivity index (χ3v) is 6.44. The van der Waals surface area contributed by atoms with Crippen LogP contribution in [-0.4, -0.2) is 53.2 Å². The van der Waals surface area contributed by atoms with E-state index in [2.05, 4.69) is 34.4 Å². The summed E-state index contributed by atoms with van der Waals surface area (Å²) < 4.78 is 5.64. The predicted molar refractivity (Wildman–Crippen MR) is 127 cm³/mol. The first kappa shape index (κ1) is 21.2. The highest BCUT2D eigenvalue weighted by atomic mass is 16.5. The number of nitrogens with one attached hydrogen (secondary N) is 1. The minimum atomic E-state index is -0.834. The number of fused-ring (bicyclic) bond motifs is 2. The molecule has 0 bridgehead atoms. The lowest BCUT2D eigenvalue weighted by Gasteiger charge is -2.26. The second-order valence-electron chi connectivity index (χ2n) is 8.69. The number of aromatic nitrogens is 2. The zero-order chi connectivity index (χ0) is 23.1. The number of nitrogens with zero attached hydrogens (tertiary/aromatic N) is 4. The quantitative estimate of drug-likeness (QED) is 0.612. The van der Waals surface area contributed by atoms with Crippen LogP contribution in [0.1, 0.15) is 28.2 Å². The average Bonchev–Trinajstić information content (AvgIpc) is 3.20. The van der Waals surface area contributed by atoms with Gasteiger partial charge in [0.05, 0.1) is 12.8 Å². The molecule has 1 unspecified atom stereocenters. The maximum atomic E-state index is 11.9. The fraction of sp³-hybridized carbons (Fsp3) is 0.320. The van der Waals surface area contributed by atoms with E-state index in [0.29, 0.717) is 18.3 Å². The number of hydrogen-bond donors (Lipinski definition) is 2. The van der Waals surface area contributed by atoms with Gasteiger partial charge in [-0.05, 0) is 55.3 Å². The molecule has 8 heteroatoms. The van der Waals surface area contributed by atoms with Gasteiger partial charge in [0.1, 0.15) is 17.5 Å². The van der Waals surface area contributed by atoms with Gasteiger partial charge in [0.2, 0.25) is 5.95 Å². The molecule has 0 saturated heterocycles. The summed E-state index contributed by atoms with van der Waals surface area (Å²) in [6.45, 7) is 4.18. The lowest BCUT2D eigenvalue weighted by atomic mass is 9.99. The average molecular weight is 446 g/mol. The maximum absolute atomic E-state index is 11.9. The number of hydrogen-bond acceptors (Lipinski definition) is 7. The molecule has 2 aliphatic rings. The van der Waals surface area contributed by atoms with Crippen molar-refractivity contribution in [2.24, 2.45) is 0 Å². The molecule has 1 atom stereocenters. The first-order valence-electron chi connectivity index (χ1n) is 11.0. The van der Waals surface area contributed by atoms with Gasteiger partial charge in [-0.15, -0.1) is 0 Å². The van der Waals surface area contributed by atoms with E-state index in [1.807, 2.05) is 36.1 Å². The Kier molecular flexibility index (Phi) is 5.38. The monoisotopic (exact) mass is 445 g/mol. The summed E-state index contributed by atoms with van der Waals surface area (Å²) in [5, 5.41) is 13.1. The van der Waals surface area contributed by atoms with Crippen LogP contribution < -0.4 is 15.0 Å². The molecule has 0 aliphatic carbocycles. The number of carbonyl (C=O) groups is 1. The van der Waals surface area contributed by atoms with Crippen LogP contribution in [0.4, 0.5) is 23.1 Å². The Morgan fingerprint density at radius 2 is 2.06 bits per heavy atom. The van der Waals surface area contributed by atoms with Crippen LogP contribution in [0.15, 0.2) is 42.6 Å². The van der Waals surface area contributed by atoms with Crippen molar-refractivity contribution in [2.75, 3.05) is 37.5 Å². The van der Waals surface area contributed by atoms with Crippen LogP contribution in [0.5, 0.6) is 5.75 Å². The fourth-order valence-electron chi connectivity index (χ4n) is 4.70. The number of methoxy groups -OCH3 is 1. The van der Waals surface area contributed by atoms with Crippen LogP contribution >= 0.6 is 0 Å². The summed E-state index contributed by atoms with van der Waals surface area (Å²) in [5.74, 6) is 0.458. The molecule has 0 spiro atoms. The number of aryl methyl sites for hydroxylation is 1. The normalized spacial score (nSPS) is 17.4. The smallest absolute Gasteiger partial charge is 0.312 e. The number of aliphatic carboxylic acids is 1. The number of carboxylic acids is 1. The van der Waals surface area contributed by atoms with E-state index in [0.717, 1.165) is 47.8 Å². The fourth-order valence-corrected chi connectivity index (χ4v) is 4.70. The van der Waals surface area contributed by atoms with Crippen LogP contribution in [-0.2, 0) is 17.8 Å². The Morgan fingerprint density at radius 3 is 2.85 bits per heavy atom. The summed E-state index contributed by atoms with van der Waals surface area (Å²) >= 11 is 0. The number of anilines is 4. The van der Waals surface area contributed by atoms with E-state index in [-0.39, 0.29) is 0 Å². The first-order chi connectivity index (χ1) is 15.9. The number of benzene rings is 2. The lowest BCUT2D eigenvalue weighted by Crippen LogP contribution is -2.26. The van der Waals surface area contributed by atoms with Crippen LogP contribution in [0.25, 0.3) is 0 Å². The molecular weight excluding hydrogens is 418 g/mol. The van der Waals surface area contributed by atoms with E-state index in [4.69, 9.17) is 9.72 Å². The number of ether oxygens (including phenoxy) is 1. The van der Waals surface area contributed by atoms with E-state index >= 15 is 0 Å². The van der Waals surface area contributed by atoms with Gasteiger partial charge < -0.3 is 25.0 Å². The van der Waals surface area contributed by atoms with Gasteiger partial charge in [-0.2, -0.15) is 4.98 Å². The van der Waals surface area contributed by atoms with E-state index in [1.165, 1.54) is 11.1 Å². The van der Waals surface area contributed by atoms with Crippen molar-refractivity contribution < 1.29 is 14.6 Å². The van der Waals surface area contributed by atoms with Gasteiger partial charge in [-0.25, -0.2) is 4.98 Å². The van der Waals surface area contributed by atoms with Gasteiger partial charge in [0, 0.05) is 37.1 Å². The van der Waals surface area contributed by atoms with Crippen molar-refractivity contribution in [3.63, 3.8) is 0 Å². The second kappa shape index (κ2) is 8.37. The van der Waals surface area contributed by atoms with Crippen molar-refractivity contribution in [3.05, 3.63) is 64.8 Å². The molecule has 33 heavy (non-hydrogen) atoms. The molecule has 2 aliphatic heterocycles. The number of para-hydroxylation sites is 1.